The minimum absolute atomic E-state index is 0. The van der Waals surface area contributed by atoms with Crippen LogP contribution in [0.3, 0.4) is 0 Å². The molecule has 1 aromatic heterocycles. The maximum absolute atomic E-state index is 12.1. The number of nitrogens with zero attached hydrogens (tertiary/aromatic N) is 1. The molecule has 0 radical (unpaired) electrons. The third kappa shape index (κ3) is 6.83. The normalized spacial score (nSPS) is 9.65. The number of thiophene rings is 1. The fraction of sp³-hybridized carbons (Fsp3) is 0.200. The Hall–Kier alpha value is -1.22. The zero-order valence-electron chi connectivity index (χ0n) is 13.6. The summed E-state index contributed by atoms with van der Waals surface area (Å²) in [5, 5.41) is 2.98. The minimum Gasteiger partial charge on any atom is -0.492 e. The molecule has 1 heterocycles. The Kier molecular flexibility index (Phi) is 10.9. The number of likely N-dealkylation sites (N-methyl/N-ethyl adjacent to an activating group) is 1. The molecule has 0 unspecified atom stereocenters. The first-order chi connectivity index (χ1) is 11.4. The first-order valence-corrected chi connectivity index (χ1v) is 8.49. The largest absolute Gasteiger partial charge is 0.492 e. The average Bonchev–Trinajstić information content (AvgIpc) is 2.85. The van der Waals surface area contributed by atoms with E-state index in [1.54, 1.807) is 24.3 Å². The van der Waals surface area contributed by atoms with Crippen molar-refractivity contribution in [2.45, 2.75) is 0 Å². The Morgan fingerprint density at radius 1 is 1.23 bits per heavy atom. The number of hydrogen-bond acceptors (Lipinski definition) is 4. The lowest BCUT2D eigenvalue weighted by molar-refractivity contribution is 0.100. The molecule has 0 bridgehead atoms. The van der Waals surface area contributed by atoms with Gasteiger partial charge in [0.1, 0.15) is 16.7 Å². The molecule has 2 rings (SSSR count). The van der Waals surface area contributed by atoms with Gasteiger partial charge in [0.05, 0.1) is 4.34 Å². The lowest BCUT2D eigenvalue weighted by atomic mass is 10.0. The monoisotopic (exact) mass is 458 g/mol. The van der Waals surface area contributed by atoms with Crippen molar-refractivity contribution in [1.82, 2.24) is 5.32 Å². The van der Waals surface area contributed by atoms with Gasteiger partial charge in [0.2, 0.25) is 0 Å². The molecule has 1 amide bonds. The highest BCUT2D eigenvalue weighted by atomic mass is 35.5. The Morgan fingerprint density at radius 2 is 1.92 bits per heavy atom. The molecule has 144 valence electrons. The molecule has 0 saturated heterocycles. The molecule has 0 atom stereocenters. The molecule has 0 saturated carbocycles. The van der Waals surface area contributed by atoms with Gasteiger partial charge in [-0.1, -0.05) is 23.2 Å². The predicted octanol–water partition coefficient (Wildman–Crippen LogP) is 3.58. The van der Waals surface area contributed by atoms with E-state index < -0.39 is 5.91 Å². The zero-order valence-corrected chi connectivity index (χ0v) is 17.6. The summed E-state index contributed by atoms with van der Waals surface area (Å²) in [6.07, 6.45) is 0. The van der Waals surface area contributed by atoms with Crippen molar-refractivity contribution in [1.29, 1.82) is 0 Å². The van der Waals surface area contributed by atoms with Gasteiger partial charge < -0.3 is 21.5 Å². The van der Waals surface area contributed by atoms with E-state index in [2.05, 4.69) is 10.3 Å². The van der Waals surface area contributed by atoms with Gasteiger partial charge in [0, 0.05) is 17.7 Å². The highest BCUT2D eigenvalue weighted by Gasteiger charge is 2.14. The topological polar surface area (TPSA) is 103 Å². The number of rotatable bonds is 6. The summed E-state index contributed by atoms with van der Waals surface area (Å²) in [5.41, 5.74) is 12.2. The first-order valence-electron chi connectivity index (χ1n) is 6.92. The summed E-state index contributed by atoms with van der Waals surface area (Å²) in [6.45, 7) is 1.10. The van der Waals surface area contributed by atoms with Gasteiger partial charge in [-0.25, -0.2) is 0 Å². The summed E-state index contributed by atoms with van der Waals surface area (Å²) in [5.74, 6) is -0.359. The standard InChI is InChI=1S/C15H16Cl2N4O2S.2ClH/c1-20-2-3-23-10-5-8(11-7-12(16)24-13(11)17)4-9(6-10)14(22)21-15(18)19;;/h4-7,20H,2-3H2,1H3,(H4,18,19,21,22);2*1H. The number of hydrogen-bond donors (Lipinski definition) is 3. The van der Waals surface area contributed by atoms with Crippen molar-refractivity contribution >= 4 is 71.2 Å². The number of ether oxygens (including phenoxy) is 1. The van der Waals surface area contributed by atoms with Crippen LogP contribution in [0, 0.1) is 0 Å². The fourth-order valence-electron chi connectivity index (χ4n) is 1.95. The lowest BCUT2D eigenvalue weighted by Gasteiger charge is -2.10. The molecule has 11 heteroatoms. The van der Waals surface area contributed by atoms with Crippen LogP contribution in [0.5, 0.6) is 5.75 Å². The maximum atomic E-state index is 12.1. The van der Waals surface area contributed by atoms with E-state index in [0.717, 1.165) is 0 Å². The number of benzene rings is 1. The van der Waals surface area contributed by atoms with Gasteiger partial charge in [0.15, 0.2) is 5.96 Å². The molecule has 1 aromatic carbocycles. The van der Waals surface area contributed by atoms with Crippen LogP contribution in [0.1, 0.15) is 10.4 Å². The average molecular weight is 460 g/mol. The Bertz CT molecular complexity index is 779. The highest BCUT2D eigenvalue weighted by molar-refractivity contribution is 7.20. The molecule has 5 N–H and O–H groups in total. The molecule has 6 nitrogen and oxygen atoms in total. The van der Waals surface area contributed by atoms with Crippen molar-refractivity contribution in [2.75, 3.05) is 20.2 Å². The van der Waals surface area contributed by atoms with E-state index >= 15 is 0 Å². The second-order valence-electron chi connectivity index (χ2n) is 4.78. The first kappa shape index (κ1) is 24.8. The Morgan fingerprint density at radius 3 is 2.46 bits per heavy atom. The van der Waals surface area contributed by atoms with Crippen LogP contribution in [-0.4, -0.2) is 32.1 Å². The summed E-state index contributed by atoms with van der Waals surface area (Å²) >= 11 is 13.5. The van der Waals surface area contributed by atoms with Crippen molar-refractivity contribution in [3.05, 3.63) is 38.5 Å². The SMILES string of the molecule is CNCCOc1cc(C(=O)N=C(N)N)cc(-c2cc(Cl)sc2Cl)c1.Cl.Cl. The molecule has 0 spiro atoms. The van der Waals surface area contributed by atoms with E-state index in [-0.39, 0.29) is 30.8 Å². The van der Waals surface area contributed by atoms with Crippen LogP contribution in [0.25, 0.3) is 11.1 Å². The van der Waals surface area contributed by atoms with Gasteiger partial charge in [-0.3, -0.25) is 4.79 Å². The molecule has 2 aromatic rings. The second-order valence-corrected chi connectivity index (χ2v) is 7.06. The van der Waals surface area contributed by atoms with Crippen LogP contribution < -0.4 is 21.5 Å². The molecular formula is C15H18Cl4N4O2S. The molecule has 0 aliphatic carbocycles. The number of halogens is 4. The molecule has 0 aliphatic heterocycles. The number of nitrogens with two attached hydrogens (primary N) is 2. The number of nitrogens with one attached hydrogen (secondary N) is 1. The molecular weight excluding hydrogens is 442 g/mol. The zero-order chi connectivity index (χ0) is 17.7. The third-order valence-corrected chi connectivity index (χ3v) is 4.46. The summed E-state index contributed by atoms with van der Waals surface area (Å²) in [4.78, 5) is 15.7. The second kappa shape index (κ2) is 11.5. The lowest BCUT2D eigenvalue weighted by Crippen LogP contribution is -2.24. The Balaban J connectivity index is 0.00000312. The van der Waals surface area contributed by atoms with Gasteiger partial charge in [-0.2, -0.15) is 4.99 Å². The number of carbonyl (C=O) groups is 1. The van der Waals surface area contributed by atoms with E-state index in [4.69, 9.17) is 39.4 Å². The van der Waals surface area contributed by atoms with Crippen LogP contribution in [0.2, 0.25) is 8.67 Å². The van der Waals surface area contributed by atoms with Crippen LogP contribution in [0.4, 0.5) is 0 Å². The minimum atomic E-state index is -0.562. The maximum Gasteiger partial charge on any atom is 0.280 e. The highest BCUT2D eigenvalue weighted by Crippen LogP contribution is 2.39. The van der Waals surface area contributed by atoms with Crippen molar-refractivity contribution in [3.63, 3.8) is 0 Å². The van der Waals surface area contributed by atoms with Crippen LogP contribution in [0.15, 0.2) is 29.3 Å². The van der Waals surface area contributed by atoms with Crippen molar-refractivity contribution in [3.8, 4) is 16.9 Å². The molecule has 26 heavy (non-hydrogen) atoms. The number of aliphatic imine (C=N–C) groups is 1. The summed E-state index contributed by atoms with van der Waals surface area (Å²) < 4.78 is 6.72. The van der Waals surface area contributed by atoms with Crippen LogP contribution >= 0.6 is 59.4 Å². The summed E-state index contributed by atoms with van der Waals surface area (Å²) in [6, 6.07) is 6.74. The molecule has 0 aliphatic rings. The van der Waals surface area contributed by atoms with Gasteiger partial charge >= 0.3 is 0 Å². The molecule has 0 fully saturated rings. The van der Waals surface area contributed by atoms with Crippen molar-refractivity contribution < 1.29 is 9.53 Å². The van der Waals surface area contributed by atoms with Gasteiger partial charge in [-0.15, -0.1) is 36.2 Å². The quantitative estimate of drug-likeness (QED) is 0.348. The van der Waals surface area contributed by atoms with Gasteiger partial charge in [0.25, 0.3) is 5.91 Å². The number of guanidine groups is 1. The third-order valence-electron chi connectivity index (χ3n) is 2.97. The number of amides is 1. The van der Waals surface area contributed by atoms with E-state index in [1.165, 1.54) is 11.3 Å². The summed E-state index contributed by atoms with van der Waals surface area (Å²) in [7, 11) is 1.82. The van der Waals surface area contributed by atoms with E-state index in [1.807, 2.05) is 7.05 Å². The predicted molar refractivity (Wildman–Crippen MR) is 114 cm³/mol. The van der Waals surface area contributed by atoms with E-state index in [9.17, 15) is 4.79 Å². The fourth-order valence-corrected chi connectivity index (χ4v) is 3.46. The Labute approximate surface area is 177 Å². The number of carbonyl (C=O) groups excluding carboxylic acids is 1. The smallest absolute Gasteiger partial charge is 0.280 e. The van der Waals surface area contributed by atoms with Crippen molar-refractivity contribution in [2.24, 2.45) is 16.5 Å². The van der Waals surface area contributed by atoms with E-state index in [0.29, 0.717) is 44.3 Å². The van der Waals surface area contributed by atoms with Crippen LogP contribution in [-0.2, 0) is 0 Å². The van der Waals surface area contributed by atoms with Gasteiger partial charge in [-0.05, 0) is 36.9 Å².